The van der Waals surface area contributed by atoms with Gasteiger partial charge in [-0.1, -0.05) is 0 Å². The minimum absolute atomic E-state index is 0.332. The summed E-state index contributed by atoms with van der Waals surface area (Å²) in [6.45, 7) is 4.26. The monoisotopic (exact) mass is 222 g/mol. The molecule has 0 aromatic carbocycles. The van der Waals surface area contributed by atoms with E-state index in [4.69, 9.17) is 9.47 Å². The molecule has 5 heteroatoms. The predicted molar refractivity (Wildman–Crippen MR) is 55.6 cm³/mol. The van der Waals surface area contributed by atoms with Gasteiger partial charge in [0.05, 0.1) is 6.61 Å². The Balaban J connectivity index is 3.80. The van der Waals surface area contributed by atoms with Gasteiger partial charge in [0.15, 0.2) is 0 Å². The third-order valence-corrected chi connectivity index (χ3v) is 3.38. The highest BCUT2D eigenvalue weighted by Crippen LogP contribution is 2.01. The van der Waals surface area contributed by atoms with E-state index in [2.05, 4.69) is 0 Å². The summed E-state index contributed by atoms with van der Waals surface area (Å²) in [4.78, 5) is 11.2. The second kappa shape index (κ2) is 7.94. The minimum Gasteiger partial charge on any atom is -0.465 e. The van der Waals surface area contributed by atoms with Crippen LogP contribution in [-0.2, 0) is 25.1 Å². The molecule has 0 saturated carbocycles. The lowest BCUT2D eigenvalue weighted by atomic mass is 10.5. The van der Waals surface area contributed by atoms with Gasteiger partial charge in [0.1, 0.15) is 5.25 Å². The zero-order chi connectivity index (χ0) is 11.0. The van der Waals surface area contributed by atoms with E-state index in [0.29, 0.717) is 25.4 Å². The van der Waals surface area contributed by atoms with Crippen LogP contribution in [0.1, 0.15) is 20.3 Å². The first-order chi connectivity index (χ1) is 6.63. The van der Waals surface area contributed by atoms with Crippen molar-refractivity contribution in [3.63, 3.8) is 0 Å². The van der Waals surface area contributed by atoms with Crippen LogP contribution in [0.2, 0.25) is 0 Å². The van der Waals surface area contributed by atoms with Crippen molar-refractivity contribution in [2.45, 2.75) is 25.5 Å². The third-order valence-electron chi connectivity index (χ3n) is 1.71. The van der Waals surface area contributed by atoms with Crippen molar-refractivity contribution >= 4 is 16.8 Å². The van der Waals surface area contributed by atoms with Crippen LogP contribution in [0.5, 0.6) is 0 Å². The lowest BCUT2D eigenvalue weighted by Crippen LogP contribution is -2.26. The molecule has 0 aliphatic heterocycles. The fourth-order valence-electron chi connectivity index (χ4n) is 0.889. The number of ether oxygens (including phenoxy) is 2. The van der Waals surface area contributed by atoms with Gasteiger partial charge in [-0.2, -0.15) is 0 Å². The molecule has 0 radical (unpaired) electrons. The first-order valence-corrected chi connectivity index (χ1v) is 6.04. The zero-order valence-corrected chi connectivity index (χ0v) is 9.76. The van der Waals surface area contributed by atoms with E-state index in [0.717, 1.165) is 0 Å². The van der Waals surface area contributed by atoms with Gasteiger partial charge in [0.25, 0.3) is 0 Å². The molecule has 0 saturated heterocycles. The molecule has 0 rings (SSSR count). The molecular formula is C9H18O4S. The largest absolute Gasteiger partial charge is 0.465 e. The Morgan fingerprint density at radius 3 is 2.64 bits per heavy atom. The van der Waals surface area contributed by atoms with Gasteiger partial charge in [0.2, 0.25) is 0 Å². The van der Waals surface area contributed by atoms with Crippen molar-refractivity contribution in [2.24, 2.45) is 0 Å². The molecular weight excluding hydrogens is 204 g/mol. The number of carbonyl (C=O) groups excluding carboxylic acids is 1. The molecule has 2 unspecified atom stereocenters. The number of rotatable bonds is 7. The van der Waals surface area contributed by atoms with Crippen molar-refractivity contribution < 1.29 is 18.5 Å². The molecule has 0 fully saturated rings. The molecule has 84 valence electrons. The van der Waals surface area contributed by atoms with Gasteiger partial charge in [-0.25, -0.2) is 0 Å². The standard InChI is InChI=1S/C9H18O4S/c1-4-13-9(10)8(2)14(11)7-5-6-12-3/h8H,4-7H2,1-3H3. The Hall–Kier alpha value is -0.420. The van der Waals surface area contributed by atoms with Gasteiger partial charge in [-0.05, 0) is 20.3 Å². The Morgan fingerprint density at radius 2 is 2.14 bits per heavy atom. The minimum atomic E-state index is -1.15. The molecule has 0 N–H and O–H groups in total. The number of methoxy groups -OCH3 is 1. The van der Waals surface area contributed by atoms with Crippen molar-refractivity contribution in [1.82, 2.24) is 0 Å². The fourth-order valence-corrected chi connectivity index (χ4v) is 1.93. The second-order valence-electron chi connectivity index (χ2n) is 2.83. The van der Waals surface area contributed by atoms with Crippen LogP contribution in [-0.4, -0.2) is 41.5 Å². The first-order valence-electron chi connectivity index (χ1n) is 4.66. The lowest BCUT2D eigenvalue weighted by Gasteiger charge is -2.09. The molecule has 0 aromatic rings. The van der Waals surface area contributed by atoms with Crippen LogP contribution in [0.15, 0.2) is 0 Å². The number of hydrogen-bond donors (Lipinski definition) is 0. The second-order valence-corrected chi connectivity index (χ2v) is 4.70. The van der Waals surface area contributed by atoms with Crippen molar-refractivity contribution in [1.29, 1.82) is 0 Å². The van der Waals surface area contributed by atoms with Crippen molar-refractivity contribution in [3.8, 4) is 0 Å². The summed E-state index contributed by atoms with van der Waals surface area (Å²) >= 11 is 0. The topological polar surface area (TPSA) is 52.6 Å². The molecule has 2 atom stereocenters. The highest BCUT2D eigenvalue weighted by molar-refractivity contribution is 7.86. The maximum Gasteiger partial charge on any atom is 0.321 e. The Morgan fingerprint density at radius 1 is 1.50 bits per heavy atom. The van der Waals surface area contributed by atoms with Gasteiger partial charge in [-0.15, -0.1) is 0 Å². The third kappa shape index (κ3) is 5.34. The Kier molecular flexibility index (Phi) is 7.70. The molecule has 0 heterocycles. The molecule has 0 bridgehead atoms. The van der Waals surface area contributed by atoms with Gasteiger partial charge in [-0.3, -0.25) is 9.00 Å². The van der Waals surface area contributed by atoms with Crippen LogP contribution >= 0.6 is 0 Å². The van der Waals surface area contributed by atoms with Crippen LogP contribution in [0.4, 0.5) is 0 Å². The summed E-state index contributed by atoms with van der Waals surface area (Å²) in [7, 11) is 0.443. The van der Waals surface area contributed by atoms with Crippen LogP contribution < -0.4 is 0 Å². The van der Waals surface area contributed by atoms with Crippen LogP contribution in [0.25, 0.3) is 0 Å². The van der Waals surface area contributed by atoms with Crippen LogP contribution in [0, 0.1) is 0 Å². The first kappa shape index (κ1) is 13.6. The zero-order valence-electron chi connectivity index (χ0n) is 8.95. The summed E-state index contributed by atoms with van der Waals surface area (Å²) in [6, 6.07) is 0. The maximum atomic E-state index is 11.5. The molecule has 0 aliphatic carbocycles. The summed E-state index contributed by atoms with van der Waals surface area (Å²) in [5.74, 6) is 0.0941. The summed E-state index contributed by atoms with van der Waals surface area (Å²) in [6.07, 6.45) is 0.701. The van der Waals surface area contributed by atoms with E-state index < -0.39 is 16.0 Å². The van der Waals surface area contributed by atoms with E-state index in [-0.39, 0.29) is 5.97 Å². The van der Waals surface area contributed by atoms with E-state index in [9.17, 15) is 9.00 Å². The highest BCUT2D eigenvalue weighted by Gasteiger charge is 2.20. The lowest BCUT2D eigenvalue weighted by molar-refractivity contribution is -0.142. The van der Waals surface area contributed by atoms with E-state index in [1.54, 1.807) is 21.0 Å². The summed E-state index contributed by atoms with van der Waals surface area (Å²) in [5.41, 5.74) is 0. The normalized spacial score (nSPS) is 14.8. The number of carbonyl (C=O) groups is 1. The Labute approximate surface area is 87.4 Å². The quantitative estimate of drug-likeness (QED) is 0.470. The number of hydrogen-bond acceptors (Lipinski definition) is 4. The molecule has 0 aliphatic rings. The van der Waals surface area contributed by atoms with Gasteiger partial charge >= 0.3 is 5.97 Å². The van der Waals surface area contributed by atoms with Gasteiger partial charge in [0, 0.05) is 30.3 Å². The average Bonchev–Trinajstić information content (AvgIpc) is 2.17. The summed E-state index contributed by atoms with van der Waals surface area (Å²) in [5, 5.41) is -0.535. The molecule has 4 nitrogen and oxygen atoms in total. The molecule has 0 aromatic heterocycles. The molecule has 14 heavy (non-hydrogen) atoms. The number of esters is 1. The predicted octanol–water partition coefficient (Wildman–Crippen LogP) is 0.723. The van der Waals surface area contributed by atoms with Crippen molar-refractivity contribution in [2.75, 3.05) is 26.1 Å². The smallest absolute Gasteiger partial charge is 0.321 e. The molecule has 0 amide bonds. The highest BCUT2D eigenvalue weighted by atomic mass is 32.2. The van der Waals surface area contributed by atoms with E-state index in [1.807, 2.05) is 0 Å². The van der Waals surface area contributed by atoms with E-state index >= 15 is 0 Å². The van der Waals surface area contributed by atoms with Crippen molar-refractivity contribution in [3.05, 3.63) is 0 Å². The average molecular weight is 222 g/mol. The fraction of sp³-hybridized carbons (Fsp3) is 0.889. The SMILES string of the molecule is CCOC(=O)C(C)S(=O)CCCOC. The van der Waals surface area contributed by atoms with Gasteiger partial charge < -0.3 is 9.47 Å². The van der Waals surface area contributed by atoms with E-state index in [1.165, 1.54) is 0 Å². The Bertz CT molecular complexity index is 193. The summed E-state index contributed by atoms with van der Waals surface area (Å²) < 4.78 is 21.1. The molecule has 0 spiro atoms. The van der Waals surface area contributed by atoms with Crippen LogP contribution in [0.3, 0.4) is 0 Å². The maximum absolute atomic E-state index is 11.5.